The summed E-state index contributed by atoms with van der Waals surface area (Å²) in [5.74, 6) is 0. The normalized spacial score (nSPS) is 21.3. The van der Waals surface area contributed by atoms with Gasteiger partial charge in [-0.1, -0.05) is 36.4 Å². The van der Waals surface area contributed by atoms with Crippen LogP contribution in [0.4, 0.5) is 0 Å². The second-order valence-corrected chi connectivity index (χ2v) is 5.47. The van der Waals surface area contributed by atoms with Crippen molar-refractivity contribution in [2.75, 3.05) is 6.61 Å². The number of hydrogen-bond acceptors (Lipinski definition) is 1. The summed E-state index contributed by atoms with van der Waals surface area (Å²) in [6, 6.07) is 14.9. The molecule has 1 aliphatic rings. The van der Waals surface area contributed by atoms with Crippen molar-refractivity contribution in [3.8, 4) is 0 Å². The van der Waals surface area contributed by atoms with E-state index in [0.29, 0.717) is 6.10 Å². The lowest BCUT2D eigenvalue weighted by atomic mass is 10.0. The lowest BCUT2D eigenvalue weighted by Crippen LogP contribution is -2.08. The van der Waals surface area contributed by atoms with Crippen LogP contribution < -0.4 is 0 Å². The lowest BCUT2D eigenvalue weighted by Gasteiger charge is -2.15. The standard InChI is InChI=1S/C16H17ClO/c17-16(11-15-6-3-9-18-15)14-8-7-12-4-1-2-5-13(12)10-14/h1-2,4-5,7-8,10,15-16H,3,6,9,11H2. The molecule has 0 spiro atoms. The minimum Gasteiger partial charge on any atom is -0.378 e. The van der Waals surface area contributed by atoms with E-state index in [9.17, 15) is 0 Å². The van der Waals surface area contributed by atoms with Gasteiger partial charge in [-0.15, -0.1) is 11.6 Å². The van der Waals surface area contributed by atoms with Crippen LogP contribution in [0.3, 0.4) is 0 Å². The summed E-state index contributed by atoms with van der Waals surface area (Å²) in [4.78, 5) is 0. The largest absolute Gasteiger partial charge is 0.378 e. The minimum absolute atomic E-state index is 0.0534. The van der Waals surface area contributed by atoms with Crippen LogP contribution in [-0.4, -0.2) is 12.7 Å². The average molecular weight is 261 g/mol. The minimum atomic E-state index is 0.0534. The molecule has 2 unspecified atom stereocenters. The fourth-order valence-electron chi connectivity index (χ4n) is 2.60. The highest BCUT2D eigenvalue weighted by atomic mass is 35.5. The highest BCUT2D eigenvalue weighted by molar-refractivity contribution is 6.21. The van der Waals surface area contributed by atoms with Gasteiger partial charge in [-0.2, -0.15) is 0 Å². The maximum atomic E-state index is 6.51. The van der Waals surface area contributed by atoms with E-state index in [-0.39, 0.29) is 5.38 Å². The maximum Gasteiger partial charge on any atom is 0.0610 e. The van der Waals surface area contributed by atoms with E-state index in [2.05, 4.69) is 42.5 Å². The van der Waals surface area contributed by atoms with E-state index in [1.807, 2.05) is 0 Å². The molecule has 94 valence electrons. The van der Waals surface area contributed by atoms with Crippen molar-refractivity contribution in [1.82, 2.24) is 0 Å². The van der Waals surface area contributed by atoms with E-state index in [0.717, 1.165) is 19.4 Å². The first-order valence-electron chi connectivity index (χ1n) is 6.57. The Bertz CT molecular complexity index is 531. The molecule has 18 heavy (non-hydrogen) atoms. The van der Waals surface area contributed by atoms with Gasteiger partial charge < -0.3 is 4.74 Å². The Balaban J connectivity index is 1.80. The predicted molar refractivity (Wildman–Crippen MR) is 76.1 cm³/mol. The summed E-state index contributed by atoms with van der Waals surface area (Å²) in [7, 11) is 0. The molecule has 1 fully saturated rings. The molecule has 0 amide bonds. The van der Waals surface area contributed by atoms with Crippen molar-refractivity contribution in [1.29, 1.82) is 0 Å². The summed E-state index contributed by atoms with van der Waals surface area (Å²) < 4.78 is 5.65. The highest BCUT2D eigenvalue weighted by Gasteiger charge is 2.20. The third-order valence-corrected chi connectivity index (χ3v) is 4.06. The third-order valence-electron chi connectivity index (χ3n) is 3.63. The Morgan fingerprint density at radius 3 is 2.78 bits per heavy atom. The van der Waals surface area contributed by atoms with E-state index < -0.39 is 0 Å². The molecule has 0 radical (unpaired) electrons. The van der Waals surface area contributed by atoms with Crippen LogP contribution >= 0.6 is 11.6 Å². The van der Waals surface area contributed by atoms with Gasteiger partial charge >= 0.3 is 0 Å². The van der Waals surface area contributed by atoms with Gasteiger partial charge in [0.15, 0.2) is 0 Å². The van der Waals surface area contributed by atoms with E-state index in [1.165, 1.54) is 22.8 Å². The number of fused-ring (bicyclic) bond motifs is 1. The highest BCUT2D eigenvalue weighted by Crippen LogP contribution is 2.31. The van der Waals surface area contributed by atoms with Crippen LogP contribution in [-0.2, 0) is 4.74 Å². The Morgan fingerprint density at radius 2 is 2.00 bits per heavy atom. The van der Waals surface area contributed by atoms with E-state index >= 15 is 0 Å². The molecular weight excluding hydrogens is 244 g/mol. The van der Waals surface area contributed by atoms with Gasteiger partial charge in [0.25, 0.3) is 0 Å². The zero-order valence-electron chi connectivity index (χ0n) is 10.3. The van der Waals surface area contributed by atoms with Gasteiger partial charge in [0, 0.05) is 6.61 Å². The second kappa shape index (κ2) is 5.29. The van der Waals surface area contributed by atoms with Crippen molar-refractivity contribution in [2.45, 2.75) is 30.7 Å². The summed E-state index contributed by atoms with van der Waals surface area (Å²) in [5.41, 5.74) is 1.20. The van der Waals surface area contributed by atoms with Crippen LogP contribution in [0.2, 0.25) is 0 Å². The summed E-state index contributed by atoms with van der Waals surface area (Å²) in [5, 5.41) is 2.58. The van der Waals surface area contributed by atoms with Crippen molar-refractivity contribution in [3.63, 3.8) is 0 Å². The molecule has 2 aromatic rings. The first-order chi connectivity index (χ1) is 8.83. The summed E-state index contributed by atoms with van der Waals surface area (Å²) >= 11 is 6.51. The van der Waals surface area contributed by atoms with Gasteiger partial charge in [0.05, 0.1) is 11.5 Å². The first-order valence-corrected chi connectivity index (χ1v) is 7.01. The van der Waals surface area contributed by atoms with Crippen LogP contribution in [0.1, 0.15) is 30.2 Å². The zero-order chi connectivity index (χ0) is 12.4. The van der Waals surface area contributed by atoms with Crippen LogP contribution in [0.15, 0.2) is 42.5 Å². The molecule has 2 aromatic carbocycles. The number of ether oxygens (including phenoxy) is 1. The molecule has 1 saturated heterocycles. The topological polar surface area (TPSA) is 9.23 Å². The fourth-order valence-corrected chi connectivity index (χ4v) is 2.93. The fraction of sp³-hybridized carbons (Fsp3) is 0.375. The number of benzene rings is 2. The van der Waals surface area contributed by atoms with Gasteiger partial charge in [0.2, 0.25) is 0 Å². The molecule has 2 atom stereocenters. The van der Waals surface area contributed by atoms with Crippen molar-refractivity contribution >= 4 is 22.4 Å². The average Bonchev–Trinajstić information content (AvgIpc) is 2.91. The maximum absolute atomic E-state index is 6.51. The monoisotopic (exact) mass is 260 g/mol. The summed E-state index contributed by atoms with van der Waals surface area (Å²) in [6.07, 6.45) is 3.59. The number of hydrogen-bond donors (Lipinski definition) is 0. The number of halogens is 1. The Labute approximate surface area is 113 Å². The van der Waals surface area contributed by atoms with Crippen molar-refractivity contribution < 1.29 is 4.74 Å². The molecule has 0 aliphatic carbocycles. The molecule has 1 nitrogen and oxygen atoms in total. The quantitative estimate of drug-likeness (QED) is 0.728. The molecule has 0 bridgehead atoms. The molecule has 2 heteroatoms. The smallest absolute Gasteiger partial charge is 0.0610 e. The van der Waals surface area contributed by atoms with Gasteiger partial charge in [-0.05, 0) is 41.7 Å². The zero-order valence-corrected chi connectivity index (χ0v) is 11.1. The predicted octanol–water partition coefficient (Wildman–Crippen LogP) is 4.69. The molecule has 0 saturated carbocycles. The van der Waals surface area contributed by atoms with Crippen LogP contribution in [0.25, 0.3) is 10.8 Å². The van der Waals surface area contributed by atoms with Gasteiger partial charge in [-0.25, -0.2) is 0 Å². The number of alkyl halides is 1. The van der Waals surface area contributed by atoms with E-state index in [1.54, 1.807) is 0 Å². The Morgan fingerprint density at radius 1 is 1.17 bits per heavy atom. The van der Waals surface area contributed by atoms with Gasteiger partial charge in [-0.3, -0.25) is 0 Å². The second-order valence-electron chi connectivity index (χ2n) is 4.94. The summed E-state index contributed by atoms with van der Waals surface area (Å²) in [6.45, 7) is 0.895. The van der Waals surface area contributed by atoms with Crippen LogP contribution in [0.5, 0.6) is 0 Å². The lowest BCUT2D eigenvalue weighted by molar-refractivity contribution is 0.103. The Hall–Kier alpha value is -1.05. The van der Waals surface area contributed by atoms with Gasteiger partial charge in [0.1, 0.15) is 0 Å². The molecule has 3 rings (SSSR count). The van der Waals surface area contributed by atoms with Crippen molar-refractivity contribution in [3.05, 3.63) is 48.0 Å². The SMILES string of the molecule is ClC(CC1CCCO1)c1ccc2ccccc2c1. The third kappa shape index (κ3) is 2.52. The molecule has 1 aliphatic heterocycles. The van der Waals surface area contributed by atoms with Crippen LogP contribution in [0, 0.1) is 0 Å². The Kier molecular flexibility index (Phi) is 3.53. The first kappa shape index (κ1) is 12.0. The molecule has 0 aromatic heterocycles. The molecule has 0 N–H and O–H groups in total. The van der Waals surface area contributed by atoms with Crippen molar-refractivity contribution in [2.24, 2.45) is 0 Å². The molecular formula is C16H17ClO. The number of rotatable bonds is 3. The van der Waals surface area contributed by atoms with E-state index in [4.69, 9.17) is 16.3 Å². The molecule has 1 heterocycles.